The summed E-state index contributed by atoms with van der Waals surface area (Å²) < 4.78 is 32.0. The van der Waals surface area contributed by atoms with Gasteiger partial charge in [-0.1, -0.05) is 54.1 Å². The summed E-state index contributed by atoms with van der Waals surface area (Å²) in [5.74, 6) is 0. The standard InChI is InChI=1S/C16H16O3S/c1-12-3-6-14(7-4-12)8-10-15-9-5-13(2)11-16(15)20(17,18)19/h3-11H,1-2H3,(H,17,18,19). The number of benzene rings is 2. The number of rotatable bonds is 3. The minimum Gasteiger partial charge on any atom is -0.282 e. The van der Waals surface area contributed by atoms with Gasteiger partial charge in [0, 0.05) is 0 Å². The fraction of sp³-hybridized carbons (Fsp3) is 0.125. The van der Waals surface area contributed by atoms with Crippen LogP contribution in [0, 0.1) is 13.8 Å². The van der Waals surface area contributed by atoms with Gasteiger partial charge in [0.05, 0.1) is 0 Å². The van der Waals surface area contributed by atoms with E-state index in [4.69, 9.17) is 0 Å². The first-order valence-electron chi connectivity index (χ1n) is 6.19. The zero-order valence-electron chi connectivity index (χ0n) is 11.4. The van der Waals surface area contributed by atoms with Crippen molar-refractivity contribution in [1.82, 2.24) is 0 Å². The van der Waals surface area contributed by atoms with Gasteiger partial charge in [0.25, 0.3) is 10.1 Å². The fourth-order valence-electron chi connectivity index (χ4n) is 1.87. The molecule has 20 heavy (non-hydrogen) atoms. The first-order valence-corrected chi connectivity index (χ1v) is 7.63. The molecule has 104 valence electrons. The van der Waals surface area contributed by atoms with Gasteiger partial charge < -0.3 is 0 Å². The van der Waals surface area contributed by atoms with Gasteiger partial charge in [0.2, 0.25) is 0 Å². The van der Waals surface area contributed by atoms with E-state index in [9.17, 15) is 13.0 Å². The lowest BCUT2D eigenvalue weighted by Crippen LogP contribution is -2.01. The van der Waals surface area contributed by atoms with Crippen LogP contribution in [0.5, 0.6) is 0 Å². The minimum atomic E-state index is -4.22. The second-order valence-electron chi connectivity index (χ2n) is 4.76. The minimum absolute atomic E-state index is 0.0686. The van der Waals surface area contributed by atoms with E-state index in [0.717, 1.165) is 16.7 Å². The molecular weight excluding hydrogens is 272 g/mol. The number of hydrogen-bond acceptors (Lipinski definition) is 2. The van der Waals surface area contributed by atoms with Crippen molar-refractivity contribution in [3.05, 3.63) is 64.7 Å². The van der Waals surface area contributed by atoms with Crippen molar-refractivity contribution in [1.29, 1.82) is 0 Å². The monoisotopic (exact) mass is 288 g/mol. The summed E-state index contributed by atoms with van der Waals surface area (Å²) in [6.07, 6.45) is 3.51. The van der Waals surface area contributed by atoms with Crippen LogP contribution in [-0.2, 0) is 10.1 Å². The summed E-state index contributed by atoms with van der Waals surface area (Å²) in [7, 11) is -4.22. The Morgan fingerprint density at radius 1 is 0.900 bits per heavy atom. The molecule has 0 bridgehead atoms. The van der Waals surface area contributed by atoms with Crippen molar-refractivity contribution in [2.75, 3.05) is 0 Å². The van der Waals surface area contributed by atoms with Crippen LogP contribution in [0.15, 0.2) is 47.4 Å². The Morgan fingerprint density at radius 3 is 2.10 bits per heavy atom. The van der Waals surface area contributed by atoms with Gasteiger partial charge in [-0.2, -0.15) is 8.42 Å². The van der Waals surface area contributed by atoms with Crippen molar-refractivity contribution >= 4 is 22.3 Å². The van der Waals surface area contributed by atoms with Crippen molar-refractivity contribution in [3.8, 4) is 0 Å². The molecule has 0 aliphatic heterocycles. The molecule has 0 saturated carbocycles. The highest BCUT2D eigenvalue weighted by Crippen LogP contribution is 2.20. The van der Waals surface area contributed by atoms with Crippen LogP contribution in [0.4, 0.5) is 0 Å². The van der Waals surface area contributed by atoms with E-state index in [2.05, 4.69) is 0 Å². The predicted octanol–water partition coefficient (Wildman–Crippen LogP) is 3.72. The Kier molecular flexibility index (Phi) is 4.06. The van der Waals surface area contributed by atoms with Crippen molar-refractivity contribution in [3.63, 3.8) is 0 Å². The Labute approximate surface area is 119 Å². The molecule has 0 aromatic heterocycles. The molecule has 3 nitrogen and oxygen atoms in total. The topological polar surface area (TPSA) is 54.4 Å². The van der Waals surface area contributed by atoms with Gasteiger partial charge >= 0.3 is 0 Å². The third kappa shape index (κ3) is 3.56. The van der Waals surface area contributed by atoms with E-state index in [-0.39, 0.29) is 4.90 Å². The lowest BCUT2D eigenvalue weighted by Gasteiger charge is -2.04. The molecule has 1 N–H and O–H groups in total. The van der Waals surface area contributed by atoms with Gasteiger partial charge in [-0.3, -0.25) is 4.55 Å². The van der Waals surface area contributed by atoms with Crippen molar-refractivity contribution in [2.45, 2.75) is 18.7 Å². The highest BCUT2D eigenvalue weighted by atomic mass is 32.2. The lowest BCUT2D eigenvalue weighted by molar-refractivity contribution is 0.483. The second-order valence-corrected chi connectivity index (χ2v) is 6.15. The van der Waals surface area contributed by atoms with Gasteiger partial charge in [0.15, 0.2) is 0 Å². The summed E-state index contributed by atoms with van der Waals surface area (Å²) in [4.78, 5) is -0.0686. The third-order valence-electron chi connectivity index (χ3n) is 2.98. The van der Waals surface area contributed by atoms with Gasteiger partial charge in [-0.05, 0) is 36.6 Å². The highest BCUT2D eigenvalue weighted by Gasteiger charge is 2.13. The lowest BCUT2D eigenvalue weighted by atomic mass is 10.1. The van der Waals surface area contributed by atoms with Crippen molar-refractivity contribution < 1.29 is 13.0 Å². The zero-order chi connectivity index (χ0) is 14.8. The fourth-order valence-corrected chi connectivity index (χ4v) is 2.64. The maximum absolute atomic E-state index is 11.4. The molecule has 0 saturated heterocycles. The summed E-state index contributed by atoms with van der Waals surface area (Å²) >= 11 is 0. The molecule has 0 fully saturated rings. The Balaban J connectivity index is 2.41. The van der Waals surface area contributed by atoms with E-state index >= 15 is 0 Å². The maximum atomic E-state index is 11.4. The molecule has 0 unspecified atom stereocenters. The molecule has 2 rings (SSSR count). The molecule has 0 aliphatic rings. The van der Waals surface area contributed by atoms with Gasteiger partial charge in [0.1, 0.15) is 4.90 Å². The van der Waals surface area contributed by atoms with Crippen LogP contribution >= 0.6 is 0 Å². The van der Waals surface area contributed by atoms with E-state index in [1.54, 1.807) is 19.1 Å². The quantitative estimate of drug-likeness (QED) is 0.691. The predicted molar refractivity (Wildman–Crippen MR) is 81.1 cm³/mol. The third-order valence-corrected chi connectivity index (χ3v) is 3.89. The zero-order valence-corrected chi connectivity index (χ0v) is 12.2. The highest BCUT2D eigenvalue weighted by molar-refractivity contribution is 7.85. The average Bonchev–Trinajstić information content (AvgIpc) is 2.38. The van der Waals surface area contributed by atoms with Crippen LogP contribution in [0.1, 0.15) is 22.3 Å². The molecule has 0 spiro atoms. The Hall–Kier alpha value is -1.91. The van der Waals surface area contributed by atoms with Crippen LogP contribution < -0.4 is 0 Å². The largest absolute Gasteiger partial charge is 0.295 e. The molecule has 0 radical (unpaired) electrons. The van der Waals surface area contributed by atoms with E-state index in [1.807, 2.05) is 43.3 Å². The first-order chi connectivity index (χ1) is 9.36. The average molecular weight is 288 g/mol. The summed E-state index contributed by atoms with van der Waals surface area (Å²) in [6.45, 7) is 3.78. The molecule has 2 aromatic carbocycles. The number of hydrogen-bond donors (Lipinski definition) is 1. The summed E-state index contributed by atoms with van der Waals surface area (Å²) in [5, 5.41) is 0. The SMILES string of the molecule is Cc1ccc(C=Cc2ccc(C)cc2S(=O)(=O)O)cc1. The molecule has 2 aromatic rings. The molecular formula is C16H16O3S. The van der Waals surface area contributed by atoms with Crippen LogP contribution in [0.3, 0.4) is 0 Å². The second kappa shape index (κ2) is 5.61. The summed E-state index contributed by atoms with van der Waals surface area (Å²) in [5.41, 5.74) is 3.39. The molecule has 0 atom stereocenters. The summed E-state index contributed by atoms with van der Waals surface area (Å²) in [6, 6.07) is 12.8. The normalized spacial score (nSPS) is 11.9. The van der Waals surface area contributed by atoms with Crippen LogP contribution in [-0.4, -0.2) is 13.0 Å². The molecule has 4 heteroatoms. The maximum Gasteiger partial charge on any atom is 0.295 e. The van der Waals surface area contributed by atoms with E-state index in [1.165, 1.54) is 6.07 Å². The van der Waals surface area contributed by atoms with Crippen LogP contribution in [0.25, 0.3) is 12.2 Å². The molecule has 0 amide bonds. The van der Waals surface area contributed by atoms with E-state index in [0.29, 0.717) is 5.56 Å². The Morgan fingerprint density at radius 2 is 1.50 bits per heavy atom. The van der Waals surface area contributed by atoms with Gasteiger partial charge in [-0.15, -0.1) is 0 Å². The smallest absolute Gasteiger partial charge is 0.282 e. The first kappa shape index (κ1) is 14.5. The molecule has 0 aliphatic carbocycles. The van der Waals surface area contributed by atoms with E-state index < -0.39 is 10.1 Å². The molecule has 0 heterocycles. The van der Waals surface area contributed by atoms with Crippen molar-refractivity contribution in [2.24, 2.45) is 0 Å². The van der Waals surface area contributed by atoms with Crippen LogP contribution in [0.2, 0.25) is 0 Å². The van der Waals surface area contributed by atoms with Gasteiger partial charge in [-0.25, -0.2) is 0 Å². The Bertz CT molecular complexity index is 742. The number of aryl methyl sites for hydroxylation is 2.